The van der Waals surface area contributed by atoms with Crippen molar-refractivity contribution in [3.63, 3.8) is 0 Å². The third kappa shape index (κ3) is 5.17. The smallest absolute Gasteiger partial charge is 0.226 e. The van der Waals surface area contributed by atoms with Gasteiger partial charge in [-0.05, 0) is 61.4 Å². The first-order chi connectivity index (χ1) is 16.2. The molecular weight excluding hydrogens is 430 g/mol. The van der Waals surface area contributed by atoms with Crippen LogP contribution in [0.4, 0.5) is 0 Å². The van der Waals surface area contributed by atoms with Crippen molar-refractivity contribution < 1.29 is 9.26 Å². The van der Waals surface area contributed by atoms with Gasteiger partial charge in [0.2, 0.25) is 11.7 Å². The molecule has 0 N–H and O–H groups in total. The summed E-state index contributed by atoms with van der Waals surface area (Å²) in [6.07, 6.45) is 8.24. The summed E-state index contributed by atoms with van der Waals surface area (Å²) in [6, 6.07) is 18.8. The van der Waals surface area contributed by atoms with Gasteiger partial charge in [0.15, 0.2) is 0 Å². The molecule has 0 spiro atoms. The number of aromatic nitrogens is 3. The van der Waals surface area contributed by atoms with Crippen molar-refractivity contribution in [3.8, 4) is 17.1 Å². The first kappa shape index (κ1) is 21.8. The molecular formula is C27H29N3O2S. The number of hydrogen-bond donors (Lipinski definition) is 0. The van der Waals surface area contributed by atoms with E-state index in [1.165, 1.54) is 37.7 Å². The monoisotopic (exact) mass is 459 g/mol. The van der Waals surface area contributed by atoms with Gasteiger partial charge in [-0.1, -0.05) is 54.8 Å². The SMILES string of the molecule is Cc1nc(COc2ccc(-c3noc(CCC4(c5ccccc5)CCCCC4)n3)cc2)cs1. The van der Waals surface area contributed by atoms with E-state index in [4.69, 9.17) is 9.26 Å². The lowest BCUT2D eigenvalue weighted by Crippen LogP contribution is -2.29. The summed E-state index contributed by atoms with van der Waals surface area (Å²) >= 11 is 1.63. The quantitative estimate of drug-likeness (QED) is 0.286. The first-order valence-corrected chi connectivity index (χ1v) is 12.6. The van der Waals surface area contributed by atoms with Crippen LogP contribution in [0.15, 0.2) is 64.5 Å². The fourth-order valence-electron chi connectivity index (χ4n) is 4.86. The second-order valence-corrected chi connectivity index (χ2v) is 9.95. The molecule has 0 aliphatic heterocycles. The number of benzene rings is 2. The molecule has 0 saturated heterocycles. The molecule has 1 aliphatic rings. The summed E-state index contributed by atoms with van der Waals surface area (Å²) in [7, 11) is 0. The van der Waals surface area contributed by atoms with Crippen molar-refractivity contribution in [2.24, 2.45) is 0 Å². The van der Waals surface area contributed by atoms with E-state index >= 15 is 0 Å². The Bertz CT molecular complexity index is 1160. The van der Waals surface area contributed by atoms with Crippen LogP contribution in [0.1, 0.15) is 60.7 Å². The summed E-state index contributed by atoms with van der Waals surface area (Å²) in [6.45, 7) is 2.47. The van der Waals surface area contributed by atoms with Crippen LogP contribution in [-0.2, 0) is 18.4 Å². The summed E-state index contributed by atoms with van der Waals surface area (Å²) in [5.41, 5.74) is 3.56. The van der Waals surface area contributed by atoms with Crippen LogP contribution in [0.5, 0.6) is 5.75 Å². The lowest BCUT2D eigenvalue weighted by molar-refractivity contribution is 0.261. The maximum Gasteiger partial charge on any atom is 0.226 e. The Morgan fingerprint density at radius 1 is 0.970 bits per heavy atom. The highest BCUT2D eigenvalue weighted by Gasteiger charge is 2.33. The standard InChI is InChI=1S/C27H29N3O2S/c1-20-28-23(19-33-20)18-31-24-12-10-21(11-13-24)26-29-25(32-30-26)14-17-27(15-6-3-7-16-27)22-8-4-2-5-9-22/h2,4-5,8-13,19H,3,6-7,14-18H2,1H3. The highest BCUT2D eigenvalue weighted by molar-refractivity contribution is 7.09. The van der Waals surface area contributed by atoms with Crippen molar-refractivity contribution in [3.05, 3.63) is 82.1 Å². The molecule has 33 heavy (non-hydrogen) atoms. The molecule has 170 valence electrons. The molecule has 1 saturated carbocycles. The fourth-order valence-corrected chi connectivity index (χ4v) is 5.45. The van der Waals surface area contributed by atoms with E-state index in [1.54, 1.807) is 11.3 Å². The van der Waals surface area contributed by atoms with Gasteiger partial charge in [0.05, 0.1) is 10.7 Å². The number of hydrogen-bond acceptors (Lipinski definition) is 6. The summed E-state index contributed by atoms with van der Waals surface area (Å²) in [5, 5.41) is 7.31. The average molecular weight is 460 g/mol. The lowest BCUT2D eigenvalue weighted by Gasteiger charge is -2.38. The van der Waals surface area contributed by atoms with Crippen LogP contribution in [0.2, 0.25) is 0 Å². The predicted molar refractivity (Wildman–Crippen MR) is 130 cm³/mol. The van der Waals surface area contributed by atoms with Gasteiger partial charge in [0, 0.05) is 17.4 Å². The van der Waals surface area contributed by atoms with Gasteiger partial charge in [-0.15, -0.1) is 11.3 Å². The molecule has 2 aromatic carbocycles. The zero-order chi connectivity index (χ0) is 22.5. The Kier molecular flexibility index (Phi) is 6.53. The molecule has 1 aliphatic carbocycles. The third-order valence-corrected chi connectivity index (χ3v) is 7.47. The second kappa shape index (κ2) is 9.87. The zero-order valence-electron chi connectivity index (χ0n) is 19.0. The Morgan fingerprint density at radius 3 is 2.48 bits per heavy atom. The molecule has 0 atom stereocenters. The van der Waals surface area contributed by atoms with E-state index in [9.17, 15) is 0 Å². The molecule has 0 amide bonds. The zero-order valence-corrected chi connectivity index (χ0v) is 19.8. The van der Waals surface area contributed by atoms with E-state index < -0.39 is 0 Å². The molecule has 5 rings (SSSR count). The van der Waals surface area contributed by atoms with Crippen LogP contribution in [0, 0.1) is 6.92 Å². The van der Waals surface area contributed by atoms with Gasteiger partial charge < -0.3 is 9.26 Å². The van der Waals surface area contributed by atoms with Crippen molar-refractivity contribution in [2.75, 3.05) is 0 Å². The highest BCUT2D eigenvalue weighted by Crippen LogP contribution is 2.42. The van der Waals surface area contributed by atoms with Crippen molar-refractivity contribution in [1.82, 2.24) is 15.1 Å². The van der Waals surface area contributed by atoms with E-state index in [-0.39, 0.29) is 5.41 Å². The van der Waals surface area contributed by atoms with Crippen LogP contribution < -0.4 is 4.74 Å². The van der Waals surface area contributed by atoms with Gasteiger partial charge in [0.25, 0.3) is 0 Å². The first-order valence-electron chi connectivity index (χ1n) is 11.7. The number of ether oxygens (including phenoxy) is 1. The summed E-state index contributed by atoms with van der Waals surface area (Å²) < 4.78 is 11.5. The van der Waals surface area contributed by atoms with Gasteiger partial charge >= 0.3 is 0 Å². The van der Waals surface area contributed by atoms with Crippen molar-refractivity contribution in [2.45, 2.75) is 63.9 Å². The normalized spacial score (nSPS) is 15.4. The molecule has 5 nitrogen and oxygen atoms in total. The number of thiazole rings is 1. The largest absolute Gasteiger partial charge is 0.487 e. The van der Waals surface area contributed by atoms with Gasteiger partial charge in [-0.25, -0.2) is 4.98 Å². The Hall–Kier alpha value is -2.99. The van der Waals surface area contributed by atoms with Crippen molar-refractivity contribution in [1.29, 1.82) is 0 Å². The maximum absolute atomic E-state index is 5.84. The average Bonchev–Trinajstić information content (AvgIpc) is 3.52. The molecule has 0 radical (unpaired) electrons. The van der Waals surface area contributed by atoms with E-state index in [2.05, 4.69) is 45.5 Å². The highest BCUT2D eigenvalue weighted by atomic mass is 32.1. The summed E-state index contributed by atoms with van der Waals surface area (Å²) in [4.78, 5) is 9.12. The molecule has 0 bridgehead atoms. The summed E-state index contributed by atoms with van der Waals surface area (Å²) in [5.74, 6) is 2.14. The molecule has 4 aromatic rings. The molecule has 6 heteroatoms. The van der Waals surface area contributed by atoms with Gasteiger partial charge in [-0.3, -0.25) is 0 Å². The van der Waals surface area contributed by atoms with Gasteiger partial charge in [-0.2, -0.15) is 4.98 Å². The molecule has 2 aromatic heterocycles. The fraction of sp³-hybridized carbons (Fsp3) is 0.370. The number of aryl methyl sites for hydroxylation is 2. The van der Waals surface area contributed by atoms with Crippen LogP contribution >= 0.6 is 11.3 Å². The third-order valence-electron chi connectivity index (χ3n) is 6.65. The topological polar surface area (TPSA) is 61.0 Å². The molecule has 0 unspecified atom stereocenters. The second-order valence-electron chi connectivity index (χ2n) is 8.89. The van der Waals surface area contributed by atoms with Crippen molar-refractivity contribution >= 4 is 11.3 Å². The number of nitrogens with zero attached hydrogens (tertiary/aromatic N) is 3. The lowest BCUT2D eigenvalue weighted by atomic mass is 9.67. The maximum atomic E-state index is 5.84. The Morgan fingerprint density at radius 2 is 1.76 bits per heavy atom. The molecule has 1 fully saturated rings. The minimum atomic E-state index is 0.225. The Labute approximate surface area is 198 Å². The van der Waals surface area contributed by atoms with Crippen LogP contribution in [0.3, 0.4) is 0 Å². The van der Waals surface area contributed by atoms with Crippen LogP contribution in [0.25, 0.3) is 11.4 Å². The van der Waals surface area contributed by atoms with Gasteiger partial charge in [0.1, 0.15) is 12.4 Å². The minimum absolute atomic E-state index is 0.225. The molecule has 2 heterocycles. The van der Waals surface area contributed by atoms with Crippen LogP contribution in [-0.4, -0.2) is 15.1 Å². The van der Waals surface area contributed by atoms with E-state index in [0.29, 0.717) is 18.3 Å². The minimum Gasteiger partial charge on any atom is -0.487 e. The number of rotatable bonds is 8. The Balaban J connectivity index is 1.22. The van der Waals surface area contributed by atoms with E-state index in [0.717, 1.165) is 34.9 Å². The van der Waals surface area contributed by atoms with E-state index in [1.807, 2.05) is 36.6 Å². The predicted octanol–water partition coefficient (Wildman–Crippen LogP) is 6.92.